The molecule has 0 saturated heterocycles. The summed E-state index contributed by atoms with van der Waals surface area (Å²) in [6.45, 7) is 3.71. The second-order valence-corrected chi connectivity index (χ2v) is 7.98. The van der Waals surface area contributed by atoms with Crippen molar-refractivity contribution in [2.75, 3.05) is 5.32 Å². The highest BCUT2D eigenvalue weighted by Gasteiger charge is 2.61. The Morgan fingerprint density at radius 3 is 2.66 bits per heavy atom. The summed E-state index contributed by atoms with van der Waals surface area (Å²) in [5.41, 5.74) is 3.62. The van der Waals surface area contributed by atoms with Gasteiger partial charge in [-0.1, -0.05) is 6.92 Å². The van der Waals surface area contributed by atoms with Crippen molar-refractivity contribution in [2.45, 2.75) is 32.6 Å². The molecule has 1 aliphatic carbocycles. The van der Waals surface area contributed by atoms with Gasteiger partial charge >= 0.3 is 0 Å². The standard InChI is InChI=1S/C23H19F2N5O2/c1-3-19(31)17-6-12(2)15(11-27-17)18-7-13-10-28-20(29-22(32)16-9-23(16,24)25)8-14(13)21-26-4-5-30(18)21/h4-8,10-11,16H,3,9H2,1-2H3,(H,28,29,32)/t16-/m1/s1. The van der Waals surface area contributed by atoms with E-state index in [-0.39, 0.29) is 11.6 Å². The molecular weight excluding hydrogens is 416 g/mol. The van der Waals surface area contributed by atoms with Gasteiger partial charge in [-0.05, 0) is 30.7 Å². The lowest BCUT2D eigenvalue weighted by atomic mass is 10.0. The van der Waals surface area contributed by atoms with Gasteiger partial charge in [0.05, 0.1) is 5.69 Å². The van der Waals surface area contributed by atoms with Gasteiger partial charge in [-0.2, -0.15) is 0 Å². The maximum absolute atomic E-state index is 13.2. The highest BCUT2D eigenvalue weighted by atomic mass is 19.3. The SMILES string of the molecule is CCC(=O)c1cc(C)c(-c2cc3cnc(NC(=O)[C@H]4CC4(F)F)cc3c3nccn23)cn1. The van der Waals surface area contributed by atoms with E-state index in [2.05, 4.69) is 20.3 Å². The van der Waals surface area contributed by atoms with Crippen LogP contribution >= 0.6 is 0 Å². The van der Waals surface area contributed by atoms with Crippen LogP contribution in [0.4, 0.5) is 14.6 Å². The lowest BCUT2D eigenvalue weighted by Gasteiger charge is -2.13. The Morgan fingerprint density at radius 2 is 1.97 bits per heavy atom. The van der Waals surface area contributed by atoms with Gasteiger partial charge in [-0.25, -0.2) is 18.7 Å². The van der Waals surface area contributed by atoms with Gasteiger partial charge in [0.2, 0.25) is 5.91 Å². The molecule has 4 aromatic heterocycles. The van der Waals surface area contributed by atoms with E-state index in [9.17, 15) is 18.4 Å². The van der Waals surface area contributed by atoms with Crippen LogP contribution in [0.2, 0.25) is 0 Å². The summed E-state index contributed by atoms with van der Waals surface area (Å²) in [4.78, 5) is 37.0. The lowest BCUT2D eigenvalue weighted by molar-refractivity contribution is -0.119. The van der Waals surface area contributed by atoms with Crippen molar-refractivity contribution in [3.63, 3.8) is 0 Å². The Balaban J connectivity index is 1.57. The van der Waals surface area contributed by atoms with Crippen LogP contribution in [0.1, 0.15) is 35.8 Å². The molecule has 1 atom stereocenters. The summed E-state index contributed by atoms with van der Waals surface area (Å²) in [6.07, 6.45) is 6.66. The van der Waals surface area contributed by atoms with Crippen LogP contribution in [0.15, 0.2) is 43.0 Å². The fraction of sp³-hybridized carbons (Fsp3) is 0.261. The van der Waals surface area contributed by atoms with Crippen LogP contribution in [-0.4, -0.2) is 37.0 Å². The Labute approximate surface area is 181 Å². The van der Waals surface area contributed by atoms with Crippen molar-refractivity contribution >= 4 is 33.9 Å². The predicted molar refractivity (Wildman–Crippen MR) is 115 cm³/mol. The molecule has 0 aliphatic heterocycles. The summed E-state index contributed by atoms with van der Waals surface area (Å²) >= 11 is 0. The van der Waals surface area contributed by atoms with Gasteiger partial charge in [0.15, 0.2) is 5.78 Å². The maximum Gasteiger partial charge on any atom is 0.260 e. The average molecular weight is 435 g/mol. The highest BCUT2D eigenvalue weighted by molar-refractivity contribution is 6.01. The number of carbonyl (C=O) groups excluding carboxylic acids is 2. The zero-order valence-electron chi connectivity index (χ0n) is 17.4. The minimum Gasteiger partial charge on any atom is -0.310 e. The Bertz CT molecular complexity index is 1410. The first-order valence-electron chi connectivity index (χ1n) is 10.2. The quantitative estimate of drug-likeness (QED) is 0.468. The van der Waals surface area contributed by atoms with E-state index < -0.39 is 24.2 Å². The van der Waals surface area contributed by atoms with Crippen molar-refractivity contribution < 1.29 is 18.4 Å². The van der Waals surface area contributed by atoms with Crippen LogP contribution in [0, 0.1) is 12.8 Å². The summed E-state index contributed by atoms with van der Waals surface area (Å²) in [5.74, 6) is -4.79. The molecule has 1 aliphatic rings. The molecule has 162 valence electrons. The third kappa shape index (κ3) is 3.30. The molecule has 0 bridgehead atoms. The van der Waals surface area contributed by atoms with Gasteiger partial charge in [-0.15, -0.1) is 0 Å². The fourth-order valence-electron chi connectivity index (χ4n) is 3.83. The third-order valence-corrected chi connectivity index (χ3v) is 5.76. The normalized spacial score (nSPS) is 16.9. The average Bonchev–Trinajstić information content (AvgIpc) is 3.18. The maximum atomic E-state index is 13.2. The van der Waals surface area contributed by atoms with Crippen molar-refractivity contribution in [1.82, 2.24) is 19.4 Å². The first-order chi connectivity index (χ1) is 15.3. The third-order valence-electron chi connectivity index (χ3n) is 5.76. The number of imidazole rings is 1. The van der Waals surface area contributed by atoms with Crippen LogP contribution in [0.25, 0.3) is 27.7 Å². The fourth-order valence-corrected chi connectivity index (χ4v) is 3.83. The van der Waals surface area contributed by atoms with E-state index in [1.165, 1.54) is 0 Å². The number of hydrogen-bond donors (Lipinski definition) is 1. The molecule has 0 spiro atoms. The van der Waals surface area contributed by atoms with Gasteiger partial charge in [0.25, 0.3) is 5.92 Å². The molecule has 1 N–H and O–H groups in total. The van der Waals surface area contributed by atoms with Crippen LogP contribution in [0.5, 0.6) is 0 Å². The monoisotopic (exact) mass is 435 g/mol. The molecule has 4 aromatic rings. The van der Waals surface area contributed by atoms with Crippen molar-refractivity contribution in [3.05, 3.63) is 54.2 Å². The number of nitrogens with zero attached hydrogens (tertiary/aromatic N) is 4. The molecule has 1 saturated carbocycles. The van der Waals surface area contributed by atoms with E-state index in [4.69, 9.17) is 0 Å². The molecule has 0 aromatic carbocycles. The molecule has 1 amide bonds. The number of alkyl halides is 2. The number of rotatable bonds is 5. The number of amides is 1. The van der Waals surface area contributed by atoms with Gasteiger partial charge in [-0.3, -0.25) is 19.0 Å². The number of anilines is 1. The van der Waals surface area contributed by atoms with E-state index >= 15 is 0 Å². The number of Topliss-reactive ketones (excluding diaryl/α,β-unsaturated/α-hetero) is 1. The molecule has 1 fully saturated rings. The number of fused-ring (bicyclic) bond motifs is 3. The summed E-state index contributed by atoms with van der Waals surface area (Å²) in [7, 11) is 0. The molecule has 0 radical (unpaired) electrons. The topological polar surface area (TPSA) is 89.2 Å². The minimum atomic E-state index is -2.94. The molecule has 4 heterocycles. The van der Waals surface area contributed by atoms with Crippen LogP contribution in [0.3, 0.4) is 0 Å². The predicted octanol–water partition coefficient (Wildman–Crippen LogP) is 4.44. The molecular formula is C23H19F2N5O2. The molecule has 7 nitrogen and oxygen atoms in total. The first kappa shape index (κ1) is 20.2. The lowest BCUT2D eigenvalue weighted by Crippen LogP contribution is -2.18. The van der Waals surface area contributed by atoms with Crippen LogP contribution < -0.4 is 5.32 Å². The van der Waals surface area contributed by atoms with Crippen LogP contribution in [-0.2, 0) is 4.79 Å². The van der Waals surface area contributed by atoms with Gasteiger partial charge < -0.3 is 5.32 Å². The molecule has 9 heteroatoms. The number of pyridine rings is 3. The number of halogens is 2. The second-order valence-electron chi connectivity index (χ2n) is 7.98. The second kappa shape index (κ2) is 7.15. The van der Waals surface area contributed by atoms with E-state index in [0.717, 1.165) is 27.6 Å². The molecule has 5 rings (SSSR count). The Hall–Kier alpha value is -3.75. The number of ketones is 1. The van der Waals surface area contributed by atoms with Crippen molar-refractivity contribution in [3.8, 4) is 11.3 Å². The minimum absolute atomic E-state index is 0.0197. The molecule has 32 heavy (non-hydrogen) atoms. The number of hydrogen-bond acceptors (Lipinski definition) is 5. The number of aromatic nitrogens is 4. The number of aryl methyl sites for hydroxylation is 1. The van der Waals surface area contributed by atoms with E-state index in [0.29, 0.717) is 17.8 Å². The highest BCUT2D eigenvalue weighted by Crippen LogP contribution is 2.49. The zero-order valence-corrected chi connectivity index (χ0v) is 17.4. The van der Waals surface area contributed by atoms with Gasteiger partial charge in [0.1, 0.15) is 23.1 Å². The summed E-state index contributed by atoms with van der Waals surface area (Å²) in [5, 5.41) is 3.96. The van der Waals surface area contributed by atoms with Crippen molar-refractivity contribution in [2.24, 2.45) is 5.92 Å². The van der Waals surface area contributed by atoms with Gasteiger partial charge in [0, 0.05) is 54.0 Å². The summed E-state index contributed by atoms with van der Waals surface area (Å²) < 4.78 is 28.2. The number of carbonyl (C=O) groups is 2. The smallest absolute Gasteiger partial charge is 0.260 e. The first-order valence-corrected chi connectivity index (χ1v) is 10.2. The van der Waals surface area contributed by atoms with E-state index in [1.54, 1.807) is 43.8 Å². The number of nitrogens with one attached hydrogen (secondary N) is 1. The molecule has 0 unspecified atom stereocenters. The Kier molecular flexibility index (Phi) is 4.51. The van der Waals surface area contributed by atoms with Crippen molar-refractivity contribution in [1.29, 1.82) is 0 Å². The Morgan fingerprint density at radius 1 is 1.19 bits per heavy atom. The zero-order chi connectivity index (χ0) is 22.6. The summed E-state index contributed by atoms with van der Waals surface area (Å²) in [6, 6.07) is 5.33. The largest absolute Gasteiger partial charge is 0.310 e. The van der Waals surface area contributed by atoms with E-state index in [1.807, 2.05) is 17.4 Å².